The Hall–Kier alpha value is -1.95. The fourth-order valence-electron chi connectivity index (χ4n) is 1.63. The molecule has 0 radical (unpaired) electrons. The molecule has 0 saturated heterocycles. The Morgan fingerprint density at radius 1 is 1.53 bits per heavy atom. The van der Waals surface area contributed by atoms with E-state index in [1.165, 1.54) is 23.5 Å². The highest BCUT2D eigenvalue weighted by Crippen LogP contribution is 2.19. The van der Waals surface area contributed by atoms with Gasteiger partial charge in [-0.1, -0.05) is 6.07 Å². The molecular formula is C13H13FN2O2S. The molecule has 19 heavy (non-hydrogen) atoms. The Bertz CT molecular complexity index is 578. The van der Waals surface area contributed by atoms with Crippen LogP contribution in [0.3, 0.4) is 0 Å². The van der Waals surface area contributed by atoms with E-state index >= 15 is 0 Å². The first kappa shape index (κ1) is 13.5. The van der Waals surface area contributed by atoms with E-state index in [0.29, 0.717) is 13.0 Å². The average molecular weight is 280 g/mol. The lowest BCUT2D eigenvalue weighted by atomic mass is 10.1. The van der Waals surface area contributed by atoms with Crippen molar-refractivity contribution in [1.82, 2.24) is 10.3 Å². The molecule has 100 valence electrons. The van der Waals surface area contributed by atoms with Crippen molar-refractivity contribution in [2.75, 3.05) is 6.54 Å². The third-order valence-corrected chi connectivity index (χ3v) is 3.54. The number of amides is 1. The topological polar surface area (TPSA) is 62.2 Å². The van der Waals surface area contributed by atoms with E-state index in [0.717, 1.165) is 16.8 Å². The first-order valence-corrected chi connectivity index (χ1v) is 6.62. The van der Waals surface area contributed by atoms with E-state index in [-0.39, 0.29) is 11.3 Å². The highest BCUT2D eigenvalue weighted by molar-refractivity contribution is 7.09. The van der Waals surface area contributed by atoms with Gasteiger partial charge in [-0.05, 0) is 19.1 Å². The van der Waals surface area contributed by atoms with Crippen LogP contribution in [0.5, 0.6) is 5.75 Å². The van der Waals surface area contributed by atoms with Crippen LogP contribution in [0.1, 0.15) is 21.1 Å². The van der Waals surface area contributed by atoms with E-state index in [9.17, 15) is 14.3 Å². The van der Waals surface area contributed by atoms with Crippen molar-refractivity contribution in [3.63, 3.8) is 0 Å². The maximum atomic E-state index is 13.4. The van der Waals surface area contributed by atoms with Crippen molar-refractivity contribution in [2.45, 2.75) is 13.3 Å². The van der Waals surface area contributed by atoms with Crippen molar-refractivity contribution < 1.29 is 14.3 Å². The Morgan fingerprint density at radius 2 is 2.32 bits per heavy atom. The number of hydrogen-bond acceptors (Lipinski definition) is 4. The summed E-state index contributed by atoms with van der Waals surface area (Å²) in [6.07, 6.45) is 0.583. The van der Waals surface area contributed by atoms with Gasteiger partial charge in [0.1, 0.15) is 17.1 Å². The monoisotopic (exact) mass is 280 g/mol. The lowest BCUT2D eigenvalue weighted by Crippen LogP contribution is -2.26. The number of rotatable bonds is 4. The molecular weight excluding hydrogens is 267 g/mol. The number of nitrogens with zero attached hydrogens (tertiary/aromatic N) is 1. The molecule has 0 saturated carbocycles. The second-order valence-electron chi connectivity index (χ2n) is 4.02. The van der Waals surface area contributed by atoms with Crippen LogP contribution in [0.4, 0.5) is 4.39 Å². The van der Waals surface area contributed by atoms with Crippen molar-refractivity contribution >= 4 is 17.2 Å². The highest BCUT2D eigenvalue weighted by Gasteiger charge is 2.15. The predicted octanol–water partition coefficient (Wildman–Crippen LogP) is 2.27. The number of aryl methyl sites for hydroxylation is 1. The molecule has 1 aromatic heterocycles. The summed E-state index contributed by atoms with van der Waals surface area (Å²) in [5.74, 6) is -1.71. The molecule has 2 rings (SSSR count). The molecule has 0 aliphatic heterocycles. The van der Waals surface area contributed by atoms with Gasteiger partial charge in [-0.3, -0.25) is 4.79 Å². The van der Waals surface area contributed by atoms with Gasteiger partial charge in [0, 0.05) is 24.0 Å². The Labute approximate surface area is 113 Å². The lowest BCUT2D eigenvalue weighted by Gasteiger charge is -2.06. The van der Waals surface area contributed by atoms with Crippen LogP contribution in [0.25, 0.3) is 0 Å². The number of carbonyl (C=O) groups excluding carboxylic acids is 1. The summed E-state index contributed by atoms with van der Waals surface area (Å²) in [4.78, 5) is 16.0. The number of benzene rings is 1. The molecule has 6 heteroatoms. The fraction of sp³-hybridized carbons (Fsp3) is 0.231. The number of aromatic nitrogens is 1. The molecule has 0 aliphatic carbocycles. The average Bonchev–Trinajstić information content (AvgIpc) is 2.75. The predicted molar refractivity (Wildman–Crippen MR) is 71.0 cm³/mol. The molecule has 0 fully saturated rings. The number of hydrogen-bond donors (Lipinski definition) is 2. The normalized spacial score (nSPS) is 10.4. The summed E-state index contributed by atoms with van der Waals surface area (Å²) in [5.41, 5.74) is 0.621. The molecule has 2 N–H and O–H groups in total. The number of carbonyl (C=O) groups is 1. The minimum atomic E-state index is -0.734. The summed E-state index contributed by atoms with van der Waals surface area (Å²) < 4.78 is 13.4. The van der Waals surface area contributed by atoms with Gasteiger partial charge < -0.3 is 10.4 Å². The van der Waals surface area contributed by atoms with Crippen LogP contribution in [-0.2, 0) is 6.42 Å². The van der Waals surface area contributed by atoms with Gasteiger partial charge in [-0.15, -0.1) is 11.3 Å². The van der Waals surface area contributed by atoms with E-state index < -0.39 is 11.7 Å². The van der Waals surface area contributed by atoms with Gasteiger partial charge in [0.25, 0.3) is 5.91 Å². The minimum absolute atomic E-state index is 0.321. The first-order valence-electron chi connectivity index (χ1n) is 5.74. The van der Waals surface area contributed by atoms with Crippen molar-refractivity contribution in [1.29, 1.82) is 0 Å². The third kappa shape index (κ3) is 3.29. The SMILES string of the molecule is Cc1csc(CCNC(=O)c2c(O)cccc2F)n1. The second-order valence-corrected chi connectivity index (χ2v) is 4.97. The van der Waals surface area contributed by atoms with Crippen molar-refractivity contribution in [2.24, 2.45) is 0 Å². The zero-order chi connectivity index (χ0) is 13.8. The molecule has 2 aromatic rings. The van der Waals surface area contributed by atoms with Gasteiger partial charge in [-0.2, -0.15) is 0 Å². The minimum Gasteiger partial charge on any atom is -0.507 e. The van der Waals surface area contributed by atoms with E-state index in [1.54, 1.807) is 0 Å². The number of aromatic hydroxyl groups is 1. The summed E-state index contributed by atoms with van der Waals surface area (Å²) in [5, 5.41) is 14.9. The summed E-state index contributed by atoms with van der Waals surface area (Å²) in [7, 11) is 0. The van der Waals surface area contributed by atoms with Gasteiger partial charge >= 0.3 is 0 Å². The highest BCUT2D eigenvalue weighted by atomic mass is 32.1. The molecule has 0 aliphatic rings. The van der Waals surface area contributed by atoms with Crippen LogP contribution >= 0.6 is 11.3 Å². The first-order chi connectivity index (χ1) is 9.08. The van der Waals surface area contributed by atoms with Crippen LogP contribution in [-0.4, -0.2) is 22.5 Å². The van der Waals surface area contributed by atoms with E-state index in [1.807, 2.05) is 12.3 Å². The molecule has 0 bridgehead atoms. The molecule has 1 amide bonds. The van der Waals surface area contributed by atoms with Gasteiger partial charge in [-0.25, -0.2) is 9.37 Å². The third-order valence-electron chi connectivity index (χ3n) is 2.51. The quantitative estimate of drug-likeness (QED) is 0.903. The standard InChI is InChI=1S/C13H13FN2O2S/c1-8-7-19-11(16-8)5-6-15-13(18)12-9(14)3-2-4-10(12)17/h2-4,7,17H,5-6H2,1H3,(H,15,18). The van der Waals surface area contributed by atoms with Gasteiger partial charge in [0.2, 0.25) is 0 Å². The summed E-state index contributed by atoms with van der Waals surface area (Å²) in [6.45, 7) is 2.25. The number of nitrogens with one attached hydrogen (secondary N) is 1. The van der Waals surface area contributed by atoms with E-state index in [4.69, 9.17) is 0 Å². The van der Waals surface area contributed by atoms with Crippen LogP contribution < -0.4 is 5.32 Å². The zero-order valence-corrected chi connectivity index (χ0v) is 11.1. The molecule has 1 heterocycles. The smallest absolute Gasteiger partial charge is 0.258 e. The molecule has 4 nitrogen and oxygen atoms in total. The van der Waals surface area contributed by atoms with Crippen LogP contribution in [0.15, 0.2) is 23.6 Å². The van der Waals surface area contributed by atoms with E-state index in [2.05, 4.69) is 10.3 Å². The molecule has 0 spiro atoms. The van der Waals surface area contributed by atoms with Crippen LogP contribution in [0.2, 0.25) is 0 Å². The number of halogens is 1. The fourth-order valence-corrected chi connectivity index (χ4v) is 2.40. The Morgan fingerprint density at radius 3 is 2.95 bits per heavy atom. The number of phenolic OH excluding ortho intramolecular Hbond substituents is 1. The maximum absolute atomic E-state index is 13.4. The lowest BCUT2D eigenvalue weighted by molar-refractivity contribution is 0.0947. The van der Waals surface area contributed by atoms with Crippen molar-refractivity contribution in [3.05, 3.63) is 45.7 Å². The van der Waals surface area contributed by atoms with Crippen molar-refractivity contribution in [3.8, 4) is 5.75 Å². The molecule has 1 aromatic carbocycles. The molecule has 0 atom stereocenters. The Kier molecular flexibility index (Phi) is 4.11. The summed E-state index contributed by atoms with van der Waals surface area (Å²) >= 11 is 1.52. The summed E-state index contributed by atoms with van der Waals surface area (Å²) in [6, 6.07) is 3.76. The largest absolute Gasteiger partial charge is 0.507 e. The maximum Gasteiger partial charge on any atom is 0.258 e. The Balaban J connectivity index is 1.94. The number of thiazole rings is 1. The van der Waals surface area contributed by atoms with Gasteiger partial charge in [0.15, 0.2) is 0 Å². The van der Waals surface area contributed by atoms with Gasteiger partial charge in [0.05, 0.1) is 5.01 Å². The van der Waals surface area contributed by atoms with Crippen LogP contribution in [0, 0.1) is 12.7 Å². The molecule has 0 unspecified atom stereocenters. The number of phenols is 1. The zero-order valence-electron chi connectivity index (χ0n) is 10.3. The second kappa shape index (κ2) is 5.79.